The minimum absolute atomic E-state index is 0.421. The summed E-state index contributed by atoms with van der Waals surface area (Å²) < 4.78 is 100. The summed E-state index contributed by atoms with van der Waals surface area (Å²) in [4.78, 5) is 63.6. The lowest BCUT2D eigenvalue weighted by molar-refractivity contribution is -0.397. The lowest BCUT2D eigenvalue weighted by atomic mass is 9.88. The van der Waals surface area contributed by atoms with Crippen molar-refractivity contribution in [2.45, 2.75) is 316 Å². The molecule has 670 valence electrons. The molecule has 0 bridgehead atoms. The fraction of sp³-hybridized carbons (Fsp3) is 0.923. The van der Waals surface area contributed by atoms with Gasteiger partial charge in [-0.25, -0.2) is 4.79 Å². The third kappa shape index (κ3) is 21.3. The van der Waals surface area contributed by atoms with Gasteiger partial charge in [-0.15, -0.1) is 0 Å². The van der Waals surface area contributed by atoms with Crippen LogP contribution < -0.4 is 21.3 Å². The van der Waals surface area contributed by atoms with Crippen molar-refractivity contribution < 1.29 is 232 Å². The summed E-state index contributed by atoms with van der Waals surface area (Å²) in [6, 6.07) is -6.86. The smallest absolute Gasteiger partial charge is 0.364 e. The van der Waals surface area contributed by atoms with E-state index >= 15 is 0 Å². The molecular weight excluding hydrogens is 1590 g/mol. The number of ether oxygens (including phenoxy) is 17. The molecule has 0 aromatic carbocycles. The van der Waals surface area contributed by atoms with Crippen molar-refractivity contribution in [2.75, 3.05) is 59.5 Å². The Morgan fingerprint density at radius 2 is 0.784 bits per heavy atom. The molecule has 0 unspecified atom stereocenters. The number of aliphatic hydroxyl groups excluding tert-OH is 24. The van der Waals surface area contributed by atoms with E-state index in [2.05, 4.69) is 21.3 Å². The van der Waals surface area contributed by atoms with E-state index < -0.39 is 371 Å². The fourth-order valence-electron chi connectivity index (χ4n) is 14.8. The summed E-state index contributed by atoms with van der Waals surface area (Å²) in [5, 5.41) is 286. The Morgan fingerprint density at radius 1 is 0.388 bits per heavy atom. The molecule has 29 N–H and O–H groups in total. The third-order valence-corrected chi connectivity index (χ3v) is 21.2. The Labute approximate surface area is 657 Å². The van der Waals surface area contributed by atoms with Crippen molar-refractivity contribution in [1.82, 2.24) is 21.3 Å². The molecule has 4 amide bonds. The van der Waals surface area contributed by atoms with Crippen LogP contribution in [0, 0.1) is 0 Å². The quantitative estimate of drug-likeness (QED) is 0.0306. The number of nitrogens with one attached hydrogen (secondary N) is 4. The molecule has 9 heterocycles. The van der Waals surface area contributed by atoms with Crippen molar-refractivity contribution in [3.8, 4) is 0 Å². The van der Waals surface area contributed by atoms with Gasteiger partial charge < -0.3 is 229 Å². The predicted molar refractivity (Wildman–Crippen MR) is 358 cm³/mol. The molecule has 51 nitrogen and oxygen atoms in total. The maximum atomic E-state index is 13.1. The summed E-state index contributed by atoms with van der Waals surface area (Å²) in [6.07, 6.45) is -83.2. The maximum absolute atomic E-state index is 13.1. The number of carboxylic acids is 1. The first-order valence-electron chi connectivity index (χ1n) is 37.0. The van der Waals surface area contributed by atoms with Gasteiger partial charge in [-0.05, 0) is 6.92 Å². The van der Waals surface area contributed by atoms with Gasteiger partial charge in [-0.3, -0.25) is 19.2 Å². The van der Waals surface area contributed by atoms with Crippen molar-refractivity contribution >= 4 is 29.6 Å². The van der Waals surface area contributed by atoms with E-state index in [1.54, 1.807) is 0 Å². The highest BCUT2D eigenvalue weighted by Crippen LogP contribution is 2.40. The average Bonchev–Trinajstić information content (AvgIpc) is 0.763. The molecule has 0 saturated carbocycles. The summed E-state index contributed by atoms with van der Waals surface area (Å²) in [5.41, 5.74) is 0. The minimum atomic E-state index is -3.07. The van der Waals surface area contributed by atoms with Gasteiger partial charge in [0.25, 0.3) is 5.79 Å². The van der Waals surface area contributed by atoms with E-state index in [9.17, 15) is 152 Å². The number of hydrogen-bond donors (Lipinski definition) is 29. The van der Waals surface area contributed by atoms with E-state index in [-0.39, 0.29) is 0 Å². The summed E-state index contributed by atoms with van der Waals surface area (Å²) >= 11 is 0. The van der Waals surface area contributed by atoms with Crippen LogP contribution >= 0.6 is 0 Å². The van der Waals surface area contributed by atoms with Gasteiger partial charge in [0.1, 0.15) is 201 Å². The molecule has 0 aromatic heterocycles. The molecule has 0 radical (unpaired) electrons. The van der Waals surface area contributed by atoms with Gasteiger partial charge in [0.15, 0.2) is 44.0 Å². The Balaban J connectivity index is 0.979. The van der Waals surface area contributed by atoms with Crippen molar-refractivity contribution in [3.05, 3.63) is 0 Å². The minimum Gasteiger partial charge on any atom is -0.477 e. The Hall–Kier alpha value is -4.29. The normalized spacial score (nSPS) is 47.5. The average molecular weight is 1700 g/mol. The molecule has 0 aliphatic carbocycles. The topological polar surface area (TPSA) is 796 Å². The van der Waals surface area contributed by atoms with Crippen LogP contribution in [0.15, 0.2) is 0 Å². The molecular formula is C65H108N4O47. The number of carbonyl (C=O) groups is 5. The van der Waals surface area contributed by atoms with Crippen molar-refractivity contribution in [2.24, 2.45) is 0 Å². The number of aliphatic hydroxyl groups is 24. The third-order valence-electron chi connectivity index (χ3n) is 21.2. The number of aliphatic carboxylic acids is 1. The Bertz CT molecular complexity index is 3150. The van der Waals surface area contributed by atoms with Crippen LogP contribution in [0.25, 0.3) is 0 Å². The van der Waals surface area contributed by atoms with Crippen LogP contribution in [0.1, 0.15) is 41.0 Å². The van der Waals surface area contributed by atoms with Crippen LogP contribution in [0.3, 0.4) is 0 Å². The zero-order valence-corrected chi connectivity index (χ0v) is 62.6. The summed E-state index contributed by atoms with van der Waals surface area (Å²) in [6.45, 7) is -3.77. The molecule has 0 aromatic rings. The van der Waals surface area contributed by atoms with Crippen LogP contribution in [0.5, 0.6) is 0 Å². The molecule has 45 atom stereocenters. The van der Waals surface area contributed by atoms with E-state index in [1.807, 2.05) is 0 Å². The van der Waals surface area contributed by atoms with E-state index in [4.69, 9.17) is 80.5 Å². The Morgan fingerprint density at radius 3 is 1.28 bits per heavy atom. The number of amides is 4. The van der Waals surface area contributed by atoms with Gasteiger partial charge >= 0.3 is 5.97 Å². The largest absolute Gasteiger partial charge is 0.477 e. The molecule has 0 spiro atoms. The Kier molecular flexibility index (Phi) is 34.0. The second-order valence-electron chi connectivity index (χ2n) is 29.5. The first-order chi connectivity index (χ1) is 54.7. The van der Waals surface area contributed by atoms with Crippen LogP contribution in [-0.2, 0) is 104 Å². The van der Waals surface area contributed by atoms with E-state index in [0.29, 0.717) is 0 Å². The van der Waals surface area contributed by atoms with Crippen LogP contribution in [0.2, 0.25) is 0 Å². The number of rotatable bonds is 31. The SMILES string of the molecule is CC(=O)N[C@H]1[C@H](O[C@H]2[C@H](O)[C@@H](NC(C)=O)CO[C@@H]2CO[C@@H]2O[C@@H](C)[C@@H](O)[C@@H](O)[C@@H]2O)O[C@H](CO)[C@@H](O[C@@H]2O[C@H](CO[C@H]3O[C@H](CO)[C@@H](O)[C@H](O)[C@@H]3O)[C@@H](O)[C@H](O[C@H]3O[C@H](CO)[C@@H](O)[C@H](O)[C@@H]3O[C@@H]3O[C@H](CO)[C@@H](O[C@@H]4O[C@H](CO[C@]5(C(=O)O)C[C@H](O)[C@@H](NC(C)=O)[C@H]([C@H](O)[C@H](O)CO)O5)[C@H](O)[C@H](O)[C@H]4O)[C@H](O)[C@H]3NC(C)=O)[C@@H]2O)[C@@H]1O. The first-order valence-corrected chi connectivity index (χ1v) is 37.0. The molecule has 9 aliphatic heterocycles. The monoisotopic (exact) mass is 1700 g/mol. The predicted octanol–water partition coefficient (Wildman–Crippen LogP) is -19.1. The van der Waals surface area contributed by atoms with Gasteiger partial charge in [0.2, 0.25) is 23.6 Å². The summed E-state index contributed by atoms with van der Waals surface area (Å²) in [7, 11) is 0. The fourth-order valence-corrected chi connectivity index (χ4v) is 14.8. The standard InChI is InChI=1S/C65H108N4O47/c1-16-34(81)43(90)47(94)59(104-16)102-14-30-53(35(82)21(12-100-30)66-17(2)75)111-57-32(68-19(4)77)41(88)52(27(11-74)107-57)113-62-50(97)55(40(87)28(109-62)13-101-60-48(95)44(91)37(84)24(8-71)105-60)114-63-56(46(93)38(85)25(9-72)106-63)115-58-33(69-20(5)78)42(89)51(26(10-73)108-58)112-61-49(96)45(92)39(86)29(110-61)15-103-65(64(98)99)6-22(79)31(67-18(3)76)54(116-65)36(83)23(80)7-70/h16,21-63,70-74,79-97H,6-15H2,1-5H3,(H,66,75)(H,67,76)(H,68,77)(H,69,78)(H,98,99)/t16-,21-,22-,23+,24+,25+,26+,27+,28+,29+,30+,31+,32+,33+,34+,35+,36+,37+,38+,39-,40+,41+,42+,43+,44-,45-,46-,47-,48-,49+,50-,51+,52+,53+,54+,55-,56-,57-,58-,59+,60-,61-,62-,63+,65+/m0/s1. The van der Waals surface area contributed by atoms with Crippen LogP contribution in [-0.4, -0.2) is 492 Å². The highest BCUT2D eigenvalue weighted by Gasteiger charge is 2.62. The van der Waals surface area contributed by atoms with Crippen molar-refractivity contribution in [1.29, 1.82) is 0 Å². The second-order valence-corrected chi connectivity index (χ2v) is 29.5. The first kappa shape index (κ1) is 95.5. The number of carboxylic acid groups (broad SMARTS) is 1. The van der Waals surface area contributed by atoms with Crippen LogP contribution in [0.4, 0.5) is 0 Å². The van der Waals surface area contributed by atoms with E-state index in [0.717, 1.165) is 27.7 Å². The lowest BCUT2D eigenvalue weighted by Gasteiger charge is -2.51. The zero-order chi connectivity index (χ0) is 85.7. The second kappa shape index (κ2) is 41.3. The highest BCUT2D eigenvalue weighted by molar-refractivity contribution is 5.77. The lowest BCUT2D eigenvalue weighted by Crippen LogP contribution is -2.70. The summed E-state index contributed by atoms with van der Waals surface area (Å²) in [5.74, 6) is -8.54. The van der Waals surface area contributed by atoms with Gasteiger partial charge in [-0.2, -0.15) is 0 Å². The zero-order valence-electron chi connectivity index (χ0n) is 62.6. The van der Waals surface area contributed by atoms with Crippen molar-refractivity contribution in [3.63, 3.8) is 0 Å². The molecule has 9 aliphatic rings. The van der Waals surface area contributed by atoms with Gasteiger partial charge in [-0.1, -0.05) is 0 Å². The highest BCUT2D eigenvalue weighted by atomic mass is 16.8. The molecule has 9 saturated heterocycles. The maximum Gasteiger partial charge on any atom is 0.364 e. The molecule has 9 fully saturated rings. The molecule has 116 heavy (non-hydrogen) atoms. The number of carbonyl (C=O) groups excluding carboxylic acids is 4. The molecule has 9 rings (SSSR count). The molecule has 51 heteroatoms. The van der Waals surface area contributed by atoms with Gasteiger partial charge in [0.05, 0.1) is 83.8 Å². The van der Waals surface area contributed by atoms with E-state index in [1.165, 1.54) is 6.92 Å². The van der Waals surface area contributed by atoms with Gasteiger partial charge in [0, 0.05) is 34.1 Å². The number of hydrogen-bond acceptors (Lipinski definition) is 46.